The Kier molecular flexibility index (Phi) is 5.56. The van der Waals surface area contributed by atoms with Crippen molar-refractivity contribution in [2.45, 2.75) is 19.7 Å². The predicted molar refractivity (Wildman–Crippen MR) is 99.3 cm³/mol. The maximum absolute atomic E-state index is 12.7. The van der Waals surface area contributed by atoms with E-state index in [2.05, 4.69) is 4.98 Å². The van der Waals surface area contributed by atoms with Gasteiger partial charge in [-0.1, -0.05) is 12.1 Å². The highest BCUT2D eigenvalue weighted by Crippen LogP contribution is 2.33. The number of hydrogen-bond acceptors (Lipinski definition) is 5. The van der Waals surface area contributed by atoms with Gasteiger partial charge in [-0.2, -0.15) is 18.4 Å². The highest BCUT2D eigenvalue weighted by molar-refractivity contribution is 7.15. The second-order valence-corrected chi connectivity index (χ2v) is 6.95. The van der Waals surface area contributed by atoms with Gasteiger partial charge in [0.1, 0.15) is 29.2 Å². The van der Waals surface area contributed by atoms with E-state index in [9.17, 15) is 13.2 Å². The minimum atomic E-state index is -4.36. The lowest BCUT2D eigenvalue weighted by Gasteiger charge is -2.08. The SMILES string of the molecule is COc1cc(OCc2sc(-c3ccc(C(F)(F)F)cc3)nc2C)ccc1C#N. The Morgan fingerprint density at radius 1 is 1.14 bits per heavy atom. The molecule has 144 valence electrons. The monoisotopic (exact) mass is 404 g/mol. The van der Waals surface area contributed by atoms with E-state index in [0.717, 1.165) is 22.7 Å². The summed E-state index contributed by atoms with van der Waals surface area (Å²) in [6.45, 7) is 2.07. The lowest BCUT2D eigenvalue weighted by atomic mass is 10.1. The summed E-state index contributed by atoms with van der Waals surface area (Å²) < 4.78 is 49.0. The van der Waals surface area contributed by atoms with Crippen LogP contribution in [-0.4, -0.2) is 12.1 Å². The number of rotatable bonds is 5. The molecule has 0 atom stereocenters. The van der Waals surface area contributed by atoms with Crippen LogP contribution < -0.4 is 9.47 Å². The topological polar surface area (TPSA) is 55.1 Å². The smallest absolute Gasteiger partial charge is 0.416 e. The number of aromatic nitrogens is 1. The molecule has 0 amide bonds. The summed E-state index contributed by atoms with van der Waals surface area (Å²) in [7, 11) is 1.48. The van der Waals surface area contributed by atoms with Crippen LogP contribution in [0.25, 0.3) is 10.6 Å². The van der Waals surface area contributed by atoms with E-state index < -0.39 is 11.7 Å². The molecule has 1 aromatic heterocycles. The van der Waals surface area contributed by atoms with E-state index in [4.69, 9.17) is 14.7 Å². The Morgan fingerprint density at radius 3 is 2.46 bits per heavy atom. The van der Waals surface area contributed by atoms with Gasteiger partial charge in [0.25, 0.3) is 0 Å². The first-order valence-corrected chi connectivity index (χ1v) is 8.98. The van der Waals surface area contributed by atoms with E-state index >= 15 is 0 Å². The van der Waals surface area contributed by atoms with Crippen LogP contribution >= 0.6 is 11.3 Å². The molecule has 0 aliphatic carbocycles. The molecule has 0 bridgehead atoms. The van der Waals surface area contributed by atoms with Crippen molar-refractivity contribution in [3.63, 3.8) is 0 Å². The molecule has 3 aromatic rings. The molecule has 0 saturated heterocycles. The zero-order chi connectivity index (χ0) is 20.3. The van der Waals surface area contributed by atoms with Crippen molar-refractivity contribution in [2.75, 3.05) is 7.11 Å². The molecule has 0 saturated carbocycles. The van der Waals surface area contributed by atoms with Gasteiger partial charge in [0.15, 0.2) is 0 Å². The van der Waals surface area contributed by atoms with Gasteiger partial charge in [-0.3, -0.25) is 0 Å². The number of thiazole rings is 1. The molecular formula is C20H15F3N2O2S. The predicted octanol–water partition coefficient (Wildman–Crippen LogP) is 5.60. The number of alkyl halides is 3. The fourth-order valence-corrected chi connectivity index (χ4v) is 3.47. The number of methoxy groups -OCH3 is 1. The molecule has 8 heteroatoms. The van der Waals surface area contributed by atoms with Crippen LogP contribution in [0.2, 0.25) is 0 Å². The molecule has 4 nitrogen and oxygen atoms in total. The Balaban J connectivity index is 1.75. The quantitative estimate of drug-likeness (QED) is 0.556. The Morgan fingerprint density at radius 2 is 1.86 bits per heavy atom. The van der Waals surface area contributed by atoms with Crippen molar-refractivity contribution in [3.05, 3.63) is 64.2 Å². The number of hydrogen-bond donors (Lipinski definition) is 0. The van der Waals surface area contributed by atoms with Crippen LogP contribution in [0.5, 0.6) is 11.5 Å². The molecule has 0 spiro atoms. The largest absolute Gasteiger partial charge is 0.495 e. The Labute approximate surface area is 163 Å². The summed E-state index contributed by atoms with van der Waals surface area (Å²) in [5, 5.41) is 9.64. The molecule has 0 unspecified atom stereocenters. The average Bonchev–Trinajstić information content (AvgIpc) is 3.06. The van der Waals surface area contributed by atoms with E-state index in [1.807, 2.05) is 13.0 Å². The van der Waals surface area contributed by atoms with Crippen molar-refractivity contribution in [3.8, 4) is 28.1 Å². The first kappa shape index (κ1) is 19.7. The summed E-state index contributed by atoms with van der Waals surface area (Å²) in [6.07, 6.45) is -4.36. The number of ether oxygens (including phenoxy) is 2. The van der Waals surface area contributed by atoms with Crippen LogP contribution in [0.3, 0.4) is 0 Å². The van der Waals surface area contributed by atoms with Gasteiger partial charge in [0.2, 0.25) is 0 Å². The highest BCUT2D eigenvalue weighted by atomic mass is 32.1. The van der Waals surface area contributed by atoms with Gasteiger partial charge in [-0.25, -0.2) is 4.98 Å². The zero-order valence-electron chi connectivity index (χ0n) is 15.0. The molecule has 0 N–H and O–H groups in total. The van der Waals surface area contributed by atoms with Crippen LogP contribution in [0.15, 0.2) is 42.5 Å². The Hall–Kier alpha value is -3.05. The summed E-state index contributed by atoms with van der Waals surface area (Å²) in [6, 6.07) is 11.9. The summed E-state index contributed by atoms with van der Waals surface area (Å²) >= 11 is 1.36. The summed E-state index contributed by atoms with van der Waals surface area (Å²) in [5.74, 6) is 0.964. The fraction of sp³-hybridized carbons (Fsp3) is 0.200. The number of benzene rings is 2. The third-order valence-electron chi connectivity index (χ3n) is 4.02. The van der Waals surface area contributed by atoms with Crippen molar-refractivity contribution in [1.82, 2.24) is 4.98 Å². The van der Waals surface area contributed by atoms with E-state index in [0.29, 0.717) is 27.6 Å². The average molecular weight is 404 g/mol. The van der Waals surface area contributed by atoms with Crippen molar-refractivity contribution in [1.29, 1.82) is 5.26 Å². The minimum Gasteiger partial charge on any atom is -0.495 e. The van der Waals surface area contributed by atoms with Gasteiger partial charge in [-0.15, -0.1) is 11.3 Å². The normalized spacial score (nSPS) is 11.1. The molecule has 0 fully saturated rings. The second-order valence-electron chi connectivity index (χ2n) is 5.87. The number of nitrogens with zero attached hydrogens (tertiary/aromatic N) is 2. The van der Waals surface area contributed by atoms with Crippen LogP contribution in [-0.2, 0) is 12.8 Å². The minimum absolute atomic E-state index is 0.249. The van der Waals surface area contributed by atoms with Crippen LogP contribution in [0, 0.1) is 18.3 Å². The molecule has 0 aliphatic rings. The molecule has 0 radical (unpaired) electrons. The second kappa shape index (κ2) is 7.90. The van der Waals surface area contributed by atoms with Crippen molar-refractivity contribution >= 4 is 11.3 Å². The molecule has 1 heterocycles. The third kappa shape index (κ3) is 4.26. The number of nitriles is 1. The number of halogens is 3. The maximum atomic E-state index is 12.7. The van der Waals surface area contributed by atoms with Gasteiger partial charge in [0.05, 0.1) is 28.8 Å². The lowest BCUT2D eigenvalue weighted by Crippen LogP contribution is -2.03. The molecular weight excluding hydrogens is 389 g/mol. The van der Waals surface area contributed by atoms with Crippen molar-refractivity contribution in [2.24, 2.45) is 0 Å². The van der Waals surface area contributed by atoms with E-state index in [-0.39, 0.29) is 6.61 Å². The Bertz CT molecular complexity index is 1020. The first-order chi connectivity index (χ1) is 13.3. The van der Waals surface area contributed by atoms with Gasteiger partial charge >= 0.3 is 6.18 Å². The van der Waals surface area contributed by atoms with Gasteiger partial charge in [-0.05, 0) is 31.2 Å². The number of aryl methyl sites for hydroxylation is 1. The van der Waals surface area contributed by atoms with E-state index in [1.54, 1.807) is 18.2 Å². The van der Waals surface area contributed by atoms with Gasteiger partial charge in [0, 0.05) is 11.6 Å². The van der Waals surface area contributed by atoms with Gasteiger partial charge < -0.3 is 9.47 Å². The fourth-order valence-electron chi connectivity index (χ4n) is 2.49. The lowest BCUT2D eigenvalue weighted by molar-refractivity contribution is -0.137. The standard InChI is InChI=1S/C20H15F3N2O2S/c1-12-18(11-27-16-8-5-14(10-24)17(9-16)26-2)28-19(25-12)13-3-6-15(7-4-13)20(21,22)23/h3-9H,11H2,1-2H3. The molecule has 3 rings (SSSR count). The first-order valence-electron chi connectivity index (χ1n) is 8.16. The zero-order valence-corrected chi connectivity index (χ0v) is 15.8. The van der Waals surface area contributed by atoms with Crippen molar-refractivity contribution < 1.29 is 22.6 Å². The maximum Gasteiger partial charge on any atom is 0.416 e. The van der Waals surface area contributed by atoms with Crippen LogP contribution in [0.4, 0.5) is 13.2 Å². The van der Waals surface area contributed by atoms with Crippen LogP contribution in [0.1, 0.15) is 21.7 Å². The molecule has 2 aromatic carbocycles. The summed E-state index contributed by atoms with van der Waals surface area (Å²) in [5.41, 5.74) is 1.09. The molecule has 0 aliphatic heterocycles. The molecule has 28 heavy (non-hydrogen) atoms. The third-order valence-corrected chi connectivity index (χ3v) is 5.20. The summed E-state index contributed by atoms with van der Waals surface area (Å²) in [4.78, 5) is 5.30. The highest BCUT2D eigenvalue weighted by Gasteiger charge is 2.30. The van der Waals surface area contributed by atoms with E-state index in [1.165, 1.54) is 30.6 Å².